The van der Waals surface area contributed by atoms with E-state index in [1.807, 2.05) is 6.92 Å². The molecule has 0 aliphatic heterocycles. The highest BCUT2D eigenvalue weighted by Gasteiger charge is 2.29. The summed E-state index contributed by atoms with van der Waals surface area (Å²) in [5.74, 6) is 0. The number of benzene rings is 1. The molecule has 0 aliphatic rings. The van der Waals surface area contributed by atoms with Crippen LogP contribution in [-0.4, -0.2) is 33.6 Å². The maximum absolute atomic E-state index is 12.1. The zero-order valence-corrected chi connectivity index (χ0v) is 12.3. The number of sulfonamides is 1. The molecular weight excluding hydrogens is 313 g/mol. The summed E-state index contributed by atoms with van der Waals surface area (Å²) >= 11 is -0.281. The molecule has 0 saturated carbocycles. The zero-order chi connectivity index (χ0) is 15.2. The van der Waals surface area contributed by atoms with Gasteiger partial charge in [0.05, 0.1) is 4.90 Å². The summed E-state index contributed by atoms with van der Waals surface area (Å²) in [5.41, 5.74) is -4.38. The minimum Gasteiger partial charge on any atom is -0.316 e. The molecule has 4 nitrogen and oxygen atoms in total. The summed E-state index contributed by atoms with van der Waals surface area (Å²) in [7, 11) is -3.68. The Morgan fingerprint density at radius 2 is 1.75 bits per heavy atom. The molecule has 0 bridgehead atoms. The highest BCUT2D eigenvalue weighted by Crippen LogP contribution is 2.36. The topological polar surface area (TPSA) is 58.2 Å². The van der Waals surface area contributed by atoms with E-state index in [0.29, 0.717) is 6.54 Å². The van der Waals surface area contributed by atoms with Gasteiger partial charge in [0.25, 0.3) is 0 Å². The van der Waals surface area contributed by atoms with Crippen LogP contribution in [0, 0.1) is 0 Å². The number of alkyl halides is 3. The van der Waals surface area contributed by atoms with Crippen LogP contribution in [0.2, 0.25) is 0 Å². The molecule has 2 N–H and O–H groups in total. The molecule has 1 aromatic carbocycles. The number of nitrogens with one attached hydrogen (secondary N) is 2. The monoisotopic (exact) mass is 328 g/mol. The van der Waals surface area contributed by atoms with Gasteiger partial charge < -0.3 is 5.32 Å². The Hall–Kier alpha value is -0.770. The second-order valence-corrected chi connectivity index (χ2v) is 6.68. The van der Waals surface area contributed by atoms with E-state index in [1.54, 1.807) is 0 Å². The Morgan fingerprint density at radius 1 is 1.15 bits per heavy atom. The minimum atomic E-state index is -4.38. The number of halogens is 3. The number of thioether (sulfide) groups is 1. The Kier molecular flexibility index (Phi) is 6.31. The number of rotatable bonds is 7. The smallest absolute Gasteiger partial charge is 0.316 e. The molecule has 114 valence electrons. The van der Waals surface area contributed by atoms with Gasteiger partial charge in [0.15, 0.2) is 0 Å². The summed E-state index contributed by atoms with van der Waals surface area (Å²) in [6.07, 6.45) is 0. The summed E-state index contributed by atoms with van der Waals surface area (Å²) < 4.78 is 62.4. The number of hydrogen-bond acceptors (Lipinski definition) is 4. The van der Waals surface area contributed by atoms with Crippen LogP contribution in [0.3, 0.4) is 0 Å². The normalized spacial score (nSPS) is 12.6. The summed E-state index contributed by atoms with van der Waals surface area (Å²) in [6, 6.07) is 4.58. The summed E-state index contributed by atoms with van der Waals surface area (Å²) in [6.45, 7) is 3.32. The largest absolute Gasteiger partial charge is 0.446 e. The Bertz CT molecular complexity index is 515. The van der Waals surface area contributed by atoms with Crippen molar-refractivity contribution in [1.82, 2.24) is 10.0 Å². The zero-order valence-electron chi connectivity index (χ0n) is 10.7. The standard InChI is InChI=1S/C11H15F3N2O2S2/c1-2-15-7-8-16-20(17,18)10-5-3-9(4-6-10)19-11(12,13)14/h3-6,15-16H,2,7-8H2,1H3. The molecule has 0 radical (unpaired) electrons. The average Bonchev–Trinajstić information content (AvgIpc) is 2.33. The SMILES string of the molecule is CCNCCNS(=O)(=O)c1ccc(SC(F)(F)F)cc1. The highest BCUT2D eigenvalue weighted by atomic mass is 32.2. The van der Waals surface area contributed by atoms with Crippen LogP contribution in [0.5, 0.6) is 0 Å². The van der Waals surface area contributed by atoms with E-state index >= 15 is 0 Å². The Labute approximate surface area is 120 Å². The predicted octanol–water partition coefficient (Wildman–Crippen LogP) is 2.19. The average molecular weight is 328 g/mol. The molecule has 0 saturated heterocycles. The molecule has 0 amide bonds. The van der Waals surface area contributed by atoms with Crippen molar-refractivity contribution < 1.29 is 21.6 Å². The molecular formula is C11H15F3N2O2S2. The highest BCUT2D eigenvalue weighted by molar-refractivity contribution is 8.00. The maximum Gasteiger partial charge on any atom is 0.446 e. The van der Waals surface area contributed by atoms with Crippen molar-refractivity contribution in [3.8, 4) is 0 Å². The lowest BCUT2D eigenvalue weighted by Gasteiger charge is -2.08. The molecule has 0 aliphatic carbocycles. The first kappa shape index (κ1) is 17.3. The second-order valence-electron chi connectivity index (χ2n) is 3.77. The van der Waals surface area contributed by atoms with Crippen LogP contribution in [-0.2, 0) is 10.0 Å². The van der Waals surface area contributed by atoms with Crippen molar-refractivity contribution in [3.63, 3.8) is 0 Å². The van der Waals surface area contributed by atoms with Crippen molar-refractivity contribution in [2.45, 2.75) is 22.2 Å². The molecule has 1 aromatic rings. The lowest BCUT2D eigenvalue weighted by Crippen LogP contribution is -2.31. The van der Waals surface area contributed by atoms with Crippen molar-refractivity contribution in [2.24, 2.45) is 0 Å². The first-order valence-electron chi connectivity index (χ1n) is 5.81. The van der Waals surface area contributed by atoms with Gasteiger partial charge in [-0.3, -0.25) is 0 Å². The van der Waals surface area contributed by atoms with Crippen molar-refractivity contribution in [1.29, 1.82) is 0 Å². The van der Waals surface area contributed by atoms with Gasteiger partial charge in [-0.15, -0.1) is 0 Å². The van der Waals surface area contributed by atoms with E-state index < -0.39 is 15.5 Å². The summed E-state index contributed by atoms with van der Waals surface area (Å²) in [4.78, 5) is -0.107. The van der Waals surface area contributed by atoms with Gasteiger partial charge in [0, 0.05) is 18.0 Å². The fourth-order valence-corrected chi connectivity index (χ4v) is 2.93. The molecule has 0 unspecified atom stereocenters. The van der Waals surface area contributed by atoms with Gasteiger partial charge in [-0.2, -0.15) is 13.2 Å². The van der Waals surface area contributed by atoms with Crippen LogP contribution in [0.4, 0.5) is 13.2 Å². The molecule has 0 heterocycles. The third-order valence-corrected chi connectivity index (χ3v) is 4.43. The van der Waals surface area contributed by atoms with Crippen molar-refractivity contribution in [3.05, 3.63) is 24.3 Å². The van der Waals surface area contributed by atoms with Gasteiger partial charge in [-0.25, -0.2) is 13.1 Å². The van der Waals surface area contributed by atoms with Crippen LogP contribution >= 0.6 is 11.8 Å². The number of hydrogen-bond donors (Lipinski definition) is 2. The molecule has 9 heteroatoms. The van der Waals surface area contributed by atoms with Gasteiger partial charge in [0.1, 0.15) is 0 Å². The molecule has 0 aromatic heterocycles. The van der Waals surface area contributed by atoms with Crippen molar-refractivity contribution in [2.75, 3.05) is 19.6 Å². The summed E-state index contributed by atoms with van der Waals surface area (Å²) in [5, 5.41) is 2.95. The van der Waals surface area contributed by atoms with Gasteiger partial charge in [-0.05, 0) is 42.6 Å². The third-order valence-electron chi connectivity index (χ3n) is 2.21. The first-order chi connectivity index (χ1) is 9.24. The van der Waals surface area contributed by atoms with E-state index in [2.05, 4.69) is 10.0 Å². The van der Waals surface area contributed by atoms with E-state index in [9.17, 15) is 21.6 Å². The van der Waals surface area contributed by atoms with Crippen LogP contribution in [0.15, 0.2) is 34.1 Å². The lowest BCUT2D eigenvalue weighted by atomic mass is 10.4. The van der Waals surface area contributed by atoms with Crippen LogP contribution < -0.4 is 10.0 Å². The third kappa shape index (κ3) is 6.12. The molecule has 0 fully saturated rings. The Balaban J connectivity index is 2.67. The fraction of sp³-hybridized carbons (Fsp3) is 0.455. The van der Waals surface area contributed by atoms with Gasteiger partial charge in [-0.1, -0.05) is 6.92 Å². The minimum absolute atomic E-state index is 0.0518. The van der Waals surface area contributed by atoms with Crippen LogP contribution in [0.25, 0.3) is 0 Å². The van der Waals surface area contributed by atoms with Crippen molar-refractivity contribution >= 4 is 21.8 Å². The molecule has 0 atom stereocenters. The van der Waals surface area contributed by atoms with Crippen LogP contribution in [0.1, 0.15) is 6.92 Å². The molecule has 20 heavy (non-hydrogen) atoms. The van der Waals surface area contributed by atoms with Gasteiger partial charge in [0.2, 0.25) is 10.0 Å². The fourth-order valence-electron chi connectivity index (χ4n) is 1.35. The Morgan fingerprint density at radius 3 is 2.25 bits per heavy atom. The lowest BCUT2D eigenvalue weighted by molar-refractivity contribution is -0.0328. The first-order valence-corrected chi connectivity index (χ1v) is 8.11. The molecule has 1 rings (SSSR count). The predicted molar refractivity (Wildman–Crippen MR) is 72.1 cm³/mol. The van der Waals surface area contributed by atoms with E-state index in [4.69, 9.17) is 0 Å². The van der Waals surface area contributed by atoms with E-state index in [1.165, 1.54) is 0 Å². The van der Waals surface area contributed by atoms with E-state index in [0.717, 1.165) is 30.8 Å². The maximum atomic E-state index is 12.1. The molecule has 0 spiro atoms. The quantitative estimate of drug-likeness (QED) is 0.595. The second kappa shape index (κ2) is 7.30. The van der Waals surface area contributed by atoms with Gasteiger partial charge >= 0.3 is 5.51 Å². The van der Waals surface area contributed by atoms with E-state index in [-0.39, 0.29) is 28.1 Å². The number of likely N-dealkylation sites (N-methyl/N-ethyl adjacent to an activating group) is 1.